The van der Waals surface area contributed by atoms with Crippen LogP contribution in [0.1, 0.15) is 18.9 Å². The molecule has 0 bridgehead atoms. The summed E-state index contributed by atoms with van der Waals surface area (Å²) in [6, 6.07) is 19.1. The van der Waals surface area contributed by atoms with Gasteiger partial charge in [-0.2, -0.15) is 0 Å². The lowest BCUT2D eigenvalue weighted by Crippen LogP contribution is -2.43. The fraction of sp³-hybridized carbons (Fsp3) is 0.269. The van der Waals surface area contributed by atoms with Gasteiger partial charge in [-0.05, 0) is 55.7 Å². The first-order valence-corrected chi connectivity index (χ1v) is 12.8. The number of sulfonamides is 1. The molecular formula is C26H27FN2O5S. The summed E-state index contributed by atoms with van der Waals surface area (Å²) >= 11 is 0. The highest BCUT2D eigenvalue weighted by Gasteiger charge is 2.29. The number of amides is 1. The van der Waals surface area contributed by atoms with Gasteiger partial charge in [-0.15, -0.1) is 0 Å². The van der Waals surface area contributed by atoms with E-state index in [1.807, 2.05) is 37.3 Å². The number of fused-ring (bicyclic) bond motifs is 1. The fourth-order valence-electron chi connectivity index (χ4n) is 3.81. The van der Waals surface area contributed by atoms with Crippen molar-refractivity contribution >= 4 is 21.6 Å². The summed E-state index contributed by atoms with van der Waals surface area (Å²) < 4.78 is 53.1. The topological polar surface area (TPSA) is 84.9 Å². The maximum atomic E-state index is 14.0. The van der Waals surface area contributed by atoms with Gasteiger partial charge in [0.15, 0.2) is 11.5 Å². The van der Waals surface area contributed by atoms with Gasteiger partial charge in [0.05, 0.1) is 10.6 Å². The van der Waals surface area contributed by atoms with Gasteiger partial charge < -0.3 is 14.8 Å². The van der Waals surface area contributed by atoms with Crippen LogP contribution in [0, 0.1) is 5.82 Å². The Morgan fingerprint density at radius 2 is 1.74 bits per heavy atom. The number of rotatable bonds is 9. The zero-order valence-electron chi connectivity index (χ0n) is 19.3. The fourth-order valence-corrected chi connectivity index (χ4v) is 5.24. The minimum Gasteiger partial charge on any atom is -0.486 e. The molecule has 1 N–H and O–H groups in total. The molecule has 7 nitrogen and oxygen atoms in total. The molecule has 1 aliphatic rings. The molecule has 4 rings (SSSR count). The molecule has 1 aliphatic heterocycles. The molecule has 0 radical (unpaired) electrons. The van der Waals surface area contributed by atoms with Crippen LogP contribution in [0.5, 0.6) is 11.5 Å². The Kier molecular flexibility index (Phi) is 7.55. The van der Waals surface area contributed by atoms with Crippen LogP contribution < -0.4 is 19.1 Å². The first-order valence-electron chi connectivity index (χ1n) is 11.3. The SMILES string of the molecule is CC(CCc1ccccc1)NC(=O)CN(c1cccc(F)c1)S(=O)(=O)c1ccc2c(c1)OCCO2. The molecule has 1 heterocycles. The van der Waals surface area contributed by atoms with E-state index >= 15 is 0 Å². The Morgan fingerprint density at radius 1 is 1.00 bits per heavy atom. The van der Waals surface area contributed by atoms with Crippen molar-refractivity contribution in [3.63, 3.8) is 0 Å². The molecular weight excluding hydrogens is 471 g/mol. The average molecular weight is 499 g/mol. The van der Waals surface area contributed by atoms with E-state index in [0.717, 1.165) is 22.4 Å². The monoisotopic (exact) mass is 498 g/mol. The number of carbonyl (C=O) groups excluding carboxylic acids is 1. The molecule has 0 saturated carbocycles. The second-order valence-electron chi connectivity index (χ2n) is 8.29. The van der Waals surface area contributed by atoms with Gasteiger partial charge >= 0.3 is 0 Å². The lowest BCUT2D eigenvalue weighted by atomic mass is 10.1. The van der Waals surface area contributed by atoms with E-state index in [4.69, 9.17) is 9.47 Å². The first-order chi connectivity index (χ1) is 16.8. The molecule has 1 atom stereocenters. The molecule has 0 spiro atoms. The molecule has 0 fully saturated rings. The Bertz CT molecular complexity index is 1280. The van der Waals surface area contributed by atoms with Crippen molar-refractivity contribution in [1.82, 2.24) is 5.32 Å². The number of nitrogens with one attached hydrogen (secondary N) is 1. The van der Waals surface area contributed by atoms with Crippen molar-refractivity contribution in [1.29, 1.82) is 0 Å². The van der Waals surface area contributed by atoms with Crippen LogP contribution in [-0.2, 0) is 21.2 Å². The van der Waals surface area contributed by atoms with E-state index in [-0.39, 0.29) is 16.6 Å². The molecule has 1 unspecified atom stereocenters. The lowest BCUT2D eigenvalue weighted by molar-refractivity contribution is -0.120. The summed E-state index contributed by atoms with van der Waals surface area (Å²) in [5.41, 5.74) is 1.20. The van der Waals surface area contributed by atoms with Gasteiger partial charge in [-0.25, -0.2) is 12.8 Å². The van der Waals surface area contributed by atoms with Crippen molar-refractivity contribution < 1.29 is 27.1 Å². The highest BCUT2D eigenvalue weighted by atomic mass is 32.2. The van der Waals surface area contributed by atoms with Gasteiger partial charge in [0, 0.05) is 12.1 Å². The van der Waals surface area contributed by atoms with E-state index < -0.39 is 28.3 Å². The maximum absolute atomic E-state index is 14.0. The van der Waals surface area contributed by atoms with Crippen LogP contribution in [0.3, 0.4) is 0 Å². The molecule has 0 saturated heterocycles. The van der Waals surface area contributed by atoms with Gasteiger partial charge in [0.1, 0.15) is 25.6 Å². The van der Waals surface area contributed by atoms with Crippen molar-refractivity contribution in [2.45, 2.75) is 30.7 Å². The Morgan fingerprint density at radius 3 is 2.49 bits per heavy atom. The summed E-state index contributed by atoms with van der Waals surface area (Å²) in [4.78, 5) is 12.8. The maximum Gasteiger partial charge on any atom is 0.264 e. The second-order valence-corrected chi connectivity index (χ2v) is 10.2. The van der Waals surface area contributed by atoms with E-state index in [1.54, 1.807) is 0 Å². The van der Waals surface area contributed by atoms with Crippen molar-refractivity contribution in [3.8, 4) is 11.5 Å². The standard InChI is InChI=1S/C26H27FN2O5S/c1-19(10-11-20-6-3-2-4-7-20)28-26(30)18-29(22-9-5-8-21(27)16-22)35(31,32)23-12-13-24-25(17-23)34-15-14-33-24/h2-9,12-13,16-17,19H,10-11,14-15,18H2,1H3,(H,28,30). The van der Waals surface area contributed by atoms with Gasteiger partial charge in [-0.3, -0.25) is 9.10 Å². The lowest BCUT2D eigenvalue weighted by Gasteiger charge is -2.26. The number of nitrogens with zero attached hydrogens (tertiary/aromatic N) is 1. The summed E-state index contributed by atoms with van der Waals surface area (Å²) in [6.07, 6.45) is 1.45. The van der Waals surface area contributed by atoms with E-state index in [0.29, 0.717) is 31.1 Å². The summed E-state index contributed by atoms with van der Waals surface area (Å²) in [5, 5.41) is 2.85. The van der Waals surface area contributed by atoms with E-state index in [1.165, 1.54) is 36.4 Å². The predicted molar refractivity (Wildman–Crippen MR) is 131 cm³/mol. The van der Waals surface area contributed by atoms with Crippen LogP contribution >= 0.6 is 0 Å². The summed E-state index contributed by atoms with van der Waals surface area (Å²) in [6.45, 7) is 2.03. The first kappa shape index (κ1) is 24.5. The highest BCUT2D eigenvalue weighted by molar-refractivity contribution is 7.92. The van der Waals surface area contributed by atoms with Gasteiger partial charge in [0.2, 0.25) is 5.91 Å². The quantitative estimate of drug-likeness (QED) is 0.483. The predicted octanol–water partition coefficient (Wildman–Crippen LogP) is 3.93. The van der Waals surface area contributed by atoms with Crippen LogP contribution in [0.15, 0.2) is 77.7 Å². The number of carbonyl (C=O) groups is 1. The smallest absolute Gasteiger partial charge is 0.264 e. The molecule has 1 amide bonds. The number of hydrogen-bond donors (Lipinski definition) is 1. The molecule has 184 valence electrons. The third-order valence-corrected chi connectivity index (χ3v) is 7.37. The van der Waals surface area contributed by atoms with E-state index in [9.17, 15) is 17.6 Å². The number of benzene rings is 3. The molecule has 3 aromatic carbocycles. The number of halogens is 1. The number of ether oxygens (including phenoxy) is 2. The molecule has 0 aliphatic carbocycles. The van der Waals surface area contributed by atoms with Crippen LogP contribution in [0.2, 0.25) is 0 Å². The number of hydrogen-bond acceptors (Lipinski definition) is 5. The minimum atomic E-state index is -4.22. The van der Waals surface area contributed by atoms with Crippen molar-refractivity contribution in [3.05, 3.63) is 84.2 Å². The van der Waals surface area contributed by atoms with Crippen LogP contribution in [-0.4, -0.2) is 40.1 Å². The van der Waals surface area contributed by atoms with Crippen molar-refractivity contribution in [2.24, 2.45) is 0 Å². The Hall–Kier alpha value is -3.59. The Balaban J connectivity index is 1.53. The van der Waals surface area contributed by atoms with E-state index in [2.05, 4.69) is 5.32 Å². The second kappa shape index (κ2) is 10.8. The summed E-state index contributed by atoms with van der Waals surface area (Å²) in [7, 11) is -4.22. The van der Waals surface area contributed by atoms with Crippen LogP contribution in [0.25, 0.3) is 0 Å². The van der Waals surface area contributed by atoms with Gasteiger partial charge in [0.25, 0.3) is 10.0 Å². The molecule has 9 heteroatoms. The number of aryl methyl sites for hydroxylation is 1. The molecule has 0 aromatic heterocycles. The third kappa shape index (κ3) is 6.10. The van der Waals surface area contributed by atoms with Crippen LogP contribution in [0.4, 0.5) is 10.1 Å². The molecule has 35 heavy (non-hydrogen) atoms. The Labute approximate surface area is 204 Å². The van der Waals surface area contributed by atoms with Crippen molar-refractivity contribution in [2.75, 3.05) is 24.1 Å². The zero-order chi connectivity index (χ0) is 24.8. The number of anilines is 1. The highest BCUT2D eigenvalue weighted by Crippen LogP contribution is 2.34. The zero-order valence-corrected chi connectivity index (χ0v) is 20.1. The molecule has 3 aromatic rings. The summed E-state index contributed by atoms with van der Waals surface area (Å²) in [5.74, 6) is -0.356. The largest absolute Gasteiger partial charge is 0.486 e. The minimum absolute atomic E-state index is 0.0481. The third-order valence-electron chi connectivity index (χ3n) is 5.60. The van der Waals surface area contributed by atoms with Gasteiger partial charge in [-0.1, -0.05) is 36.4 Å². The normalized spacial score (nSPS) is 13.7. The average Bonchev–Trinajstić information content (AvgIpc) is 2.86.